The second-order valence-electron chi connectivity index (χ2n) is 6.39. The van der Waals surface area contributed by atoms with E-state index in [0.717, 1.165) is 24.2 Å². The van der Waals surface area contributed by atoms with Crippen molar-refractivity contribution in [3.8, 4) is 5.75 Å². The molecule has 136 valence electrons. The molecule has 2 amide bonds. The summed E-state index contributed by atoms with van der Waals surface area (Å²) in [6, 6.07) is 7.74. The number of hydrogen-bond acceptors (Lipinski definition) is 3. The van der Waals surface area contributed by atoms with E-state index in [1.165, 1.54) is 0 Å². The van der Waals surface area contributed by atoms with Crippen LogP contribution in [0, 0.1) is 0 Å². The number of amides is 2. The van der Waals surface area contributed by atoms with Crippen molar-refractivity contribution in [3.05, 3.63) is 35.9 Å². The summed E-state index contributed by atoms with van der Waals surface area (Å²) in [7, 11) is 0. The Morgan fingerprint density at radius 3 is 2.56 bits per heavy atom. The maximum Gasteiger partial charge on any atom is 0.246 e. The first-order valence-electron chi connectivity index (χ1n) is 8.99. The van der Waals surface area contributed by atoms with Crippen molar-refractivity contribution >= 4 is 17.9 Å². The molecular weight excluding hydrogens is 316 g/mol. The molecule has 0 spiro atoms. The predicted molar refractivity (Wildman–Crippen MR) is 99.3 cm³/mol. The molecule has 5 heteroatoms. The van der Waals surface area contributed by atoms with Crippen molar-refractivity contribution in [1.29, 1.82) is 0 Å². The van der Waals surface area contributed by atoms with Crippen LogP contribution in [0.5, 0.6) is 5.75 Å². The van der Waals surface area contributed by atoms with Crippen LogP contribution in [0.1, 0.15) is 39.2 Å². The molecule has 0 bridgehead atoms. The van der Waals surface area contributed by atoms with Crippen LogP contribution in [0.3, 0.4) is 0 Å². The summed E-state index contributed by atoms with van der Waals surface area (Å²) >= 11 is 0. The lowest BCUT2D eigenvalue weighted by Crippen LogP contribution is -2.35. The van der Waals surface area contributed by atoms with E-state index in [4.69, 9.17) is 4.74 Å². The zero-order valence-corrected chi connectivity index (χ0v) is 15.4. The second kappa shape index (κ2) is 9.25. The molecule has 0 aliphatic carbocycles. The fraction of sp³-hybridized carbons (Fsp3) is 0.500. The molecule has 0 unspecified atom stereocenters. The number of ether oxygens (including phenoxy) is 1. The summed E-state index contributed by atoms with van der Waals surface area (Å²) in [4.78, 5) is 27.6. The molecule has 1 aromatic rings. The number of carbonyl (C=O) groups excluding carboxylic acids is 2. The van der Waals surface area contributed by atoms with Crippen LogP contribution in [-0.2, 0) is 9.59 Å². The van der Waals surface area contributed by atoms with Gasteiger partial charge in [-0.2, -0.15) is 0 Å². The van der Waals surface area contributed by atoms with E-state index in [2.05, 4.69) is 6.92 Å². The molecular formula is C20H28N2O3. The Labute approximate surface area is 150 Å². The van der Waals surface area contributed by atoms with E-state index < -0.39 is 0 Å². The lowest BCUT2D eigenvalue weighted by molar-refractivity contribution is -0.130. The largest absolute Gasteiger partial charge is 0.490 e. The third-order valence-electron chi connectivity index (χ3n) is 4.48. The Morgan fingerprint density at radius 2 is 1.84 bits per heavy atom. The Kier molecular flexibility index (Phi) is 7.04. The van der Waals surface area contributed by atoms with Gasteiger partial charge in [0.2, 0.25) is 11.8 Å². The minimum absolute atomic E-state index is 0.0243. The van der Waals surface area contributed by atoms with Gasteiger partial charge in [0.1, 0.15) is 5.75 Å². The number of hydrogen-bond donors (Lipinski definition) is 0. The first kappa shape index (κ1) is 19.0. The average Bonchev–Trinajstić information content (AvgIpc) is 2.87. The number of rotatable bonds is 5. The van der Waals surface area contributed by atoms with Gasteiger partial charge in [-0.15, -0.1) is 0 Å². The summed E-state index contributed by atoms with van der Waals surface area (Å²) in [5, 5.41) is 0. The van der Waals surface area contributed by atoms with E-state index in [0.29, 0.717) is 26.2 Å². The molecule has 25 heavy (non-hydrogen) atoms. The molecule has 2 rings (SSSR count). The van der Waals surface area contributed by atoms with Crippen LogP contribution in [0.25, 0.3) is 6.08 Å². The van der Waals surface area contributed by atoms with Gasteiger partial charge in [-0.25, -0.2) is 0 Å². The zero-order valence-electron chi connectivity index (χ0n) is 15.4. The van der Waals surface area contributed by atoms with Gasteiger partial charge in [-0.1, -0.05) is 25.1 Å². The lowest BCUT2D eigenvalue weighted by atomic mass is 10.1. The van der Waals surface area contributed by atoms with E-state index in [9.17, 15) is 9.59 Å². The van der Waals surface area contributed by atoms with Crippen molar-refractivity contribution in [2.24, 2.45) is 0 Å². The fourth-order valence-corrected chi connectivity index (χ4v) is 2.74. The maximum atomic E-state index is 12.5. The summed E-state index contributed by atoms with van der Waals surface area (Å²) in [6.45, 7) is 8.26. The number of nitrogens with zero attached hydrogens (tertiary/aromatic N) is 2. The van der Waals surface area contributed by atoms with Gasteiger partial charge < -0.3 is 14.5 Å². The summed E-state index contributed by atoms with van der Waals surface area (Å²) < 4.78 is 5.91. The van der Waals surface area contributed by atoms with Crippen LogP contribution in [0.15, 0.2) is 30.3 Å². The molecule has 0 saturated carbocycles. The molecule has 1 atom stereocenters. The second-order valence-corrected chi connectivity index (χ2v) is 6.39. The minimum atomic E-state index is -0.0243. The molecule has 0 aromatic heterocycles. The van der Waals surface area contributed by atoms with Gasteiger partial charge in [-0.3, -0.25) is 9.59 Å². The van der Waals surface area contributed by atoms with Crippen molar-refractivity contribution in [2.45, 2.75) is 39.7 Å². The molecule has 1 aromatic carbocycles. The molecule has 1 saturated heterocycles. The monoisotopic (exact) mass is 344 g/mol. The Balaban J connectivity index is 2.01. The highest BCUT2D eigenvalue weighted by Gasteiger charge is 2.18. The maximum absolute atomic E-state index is 12.5. The van der Waals surface area contributed by atoms with Crippen LogP contribution in [0.2, 0.25) is 0 Å². The smallest absolute Gasteiger partial charge is 0.246 e. The average molecular weight is 344 g/mol. The fourth-order valence-electron chi connectivity index (χ4n) is 2.74. The number of carbonyl (C=O) groups is 2. The van der Waals surface area contributed by atoms with Gasteiger partial charge in [0, 0.05) is 44.7 Å². The highest BCUT2D eigenvalue weighted by Crippen LogP contribution is 2.21. The first-order valence-corrected chi connectivity index (χ1v) is 8.99. The zero-order chi connectivity index (χ0) is 18.2. The van der Waals surface area contributed by atoms with Crippen LogP contribution in [-0.4, -0.2) is 53.9 Å². The van der Waals surface area contributed by atoms with Crippen molar-refractivity contribution in [1.82, 2.24) is 9.80 Å². The van der Waals surface area contributed by atoms with Crippen LogP contribution >= 0.6 is 0 Å². The number of para-hydroxylation sites is 1. The quantitative estimate of drug-likeness (QED) is 0.772. The lowest BCUT2D eigenvalue weighted by Gasteiger charge is -2.20. The Hall–Kier alpha value is -2.30. The Bertz CT molecular complexity index is 627. The SMILES string of the molecule is CC[C@@H](C)Oc1ccccc1/C=C\C(=O)N1CCCN(C(C)=O)CC1. The van der Waals surface area contributed by atoms with Gasteiger partial charge in [0.15, 0.2) is 0 Å². The van der Waals surface area contributed by atoms with E-state index >= 15 is 0 Å². The summed E-state index contributed by atoms with van der Waals surface area (Å²) in [5.41, 5.74) is 0.899. The van der Waals surface area contributed by atoms with E-state index in [1.54, 1.807) is 22.8 Å². The van der Waals surface area contributed by atoms with Gasteiger partial charge in [0.05, 0.1) is 6.10 Å². The summed E-state index contributed by atoms with van der Waals surface area (Å²) in [6.07, 6.45) is 5.29. The normalized spacial score (nSPS) is 16.6. The standard InChI is InChI=1S/C20H28N2O3/c1-4-16(2)25-19-9-6-5-8-18(19)10-11-20(24)22-13-7-12-21(14-15-22)17(3)23/h5-6,8-11,16H,4,7,12-15H2,1-3H3/b11-10-/t16-/m1/s1. The highest BCUT2D eigenvalue weighted by molar-refractivity contribution is 5.92. The summed E-state index contributed by atoms with van der Waals surface area (Å²) in [5.74, 6) is 0.837. The minimum Gasteiger partial charge on any atom is -0.490 e. The van der Waals surface area contributed by atoms with Gasteiger partial charge in [-0.05, 0) is 31.9 Å². The topological polar surface area (TPSA) is 49.9 Å². The van der Waals surface area contributed by atoms with Crippen LogP contribution < -0.4 is 4.74 Å². The van der Waals surface area contributed by atoms with Crippen molar-refractivity contribution in [3.63, 3.8) is 0 Å². The van der Waals surface area contributed by atoms with Crippen molar-refractivity contribution < 1.29 is 14.3 Å². The van der Waals surface area contributed by atoms with Crippen LogP contribution in [0.4, 0.5) is 0 Å². The molecule has 1 fully saturated rings. The van der Waals surface area contributed by atoms with Gasteiger partial charge >= 0.3 is 0 Å². The van der Waals surface area contributed by atoms with Crippen molar-refractivity contribution in [2.75, 3.05) is 26.2 Å². The Morgan fingerprint density at radius 1 is 1.16 bits per heavy atom. The first-order chi connectivity index (χ1) is 12.0. The van der Waals surface area contributed by atoms with E-state index in [1.807, 2.05) is 37.3 Å². The molecule has 5 nitrogen and oxygen atoms in total. The van der Waals surface area contributed by atoms with E-state index in [-0.39, 0.29) is 17.9 Å². The van der Waals surface area contributed by atoms with Gasteiger partial charge in [0.25, 0.3) is 0 Å². The molecule has 1 heterocycles. The predicted octanol–water partition coefficient (Wildman–Crippen LogP) is 2.96. The highest BCUT2D eigenvalue weighted by atomic mass is 16.5. The number of benzene rings is 1. The molecule has 0 radical (unpaired) electrons. The molecule has 0 N–H and O–H groups in total. The third kappa shape index (κ3) is 5.62. The third-order valence-corrected chi connectivity index (χ3v) is 4.48. The molecule has 1 aliphatic rings. The molecule has 1 aliphatic heterocycles.